The average Bonchev–Trinajstić information content (AvgIpc) is 2.28. The molecule has 0 saturated carbocycles. The molecule has 0 spiro atoms. The summed E-state index contributed by atoms with van der Waals surface area (Å²) in [6.07, 6.45) is 0. The third-order valence-electron chi connectivity index (χ3n) is 2.26. The third kappa shape index (κ3) is 3.74. The van der Waals surface area contributed by atoms with Gasteiger partial charge in [0.05, 0.1) is 6.61 Å². The lowest BCUT2D eigenvalue weighted by Gasteiger charge is -2.22. The van der Waals surface area contributed by atoms with Gasteiger partial charge in [0.15, 0.2) is 0 Å². The van der Waals surface area contributed by atoms with Crippen LogP contribution in [0.4, 0.5) is 13.2 Å². The van der Waals surface area contributed by atoms with Gasteiger partial charge in [0, 0.05) is 11.6 Å². The lowest BCUT2D eigenvalue weighted by atomic mass is 10.0. The fraction of sp³-hybridized carbons (Fsp3) is 0.364. The van der Waals surface area contributed by atoms with E-state index in [2.05, 4.69) is 4.74 Å². The van der Waals surface area contributed by atoms with Crippen LogP contribution in [0.25, 0.3) is 0 Å². The average molecular weight is 300 g/mol. The van der Waals surface area contributed by atoms with Gasteiger partial charge in [-0.25, -0.2) is 9.18 Å². The van der Waals surface area contributed by atoms with Crippen molar-refractivity contribution in [3.63, 3.8) is 0 Å². The van der Waals surface area contributed by atoms with Crippen molar-refractivity contribution in [3.8, 4) is 5.75 Å². The van der Waals surface area contributed by atoms with Crippen molar-refractivity contribution in [3.05, 3.63) is 29.6 Å². The SMILES string of the molecule is CCOC(=O)C(F)(F)[C@H](N)c1ccc(O)cc1F.Cl. The molecule has 1 aromatic carbocycles. The van der Waals surface area contributed by atoms with Crippen LogP contribution in [0.2, 0.25) is 0 Å². The number of carbonyl (C=O) groups excluding carboxylic acids is 1. The fourth-order valence-corrected chi connectivity index (χ4v) is 1.32. The standard InChI is InChI=1S/C11H12F3NO3.ClH/c1-2-18-10(17)11(13,14)9(15)7-4-3-6(16)5-8(7)12;/h3-5,9,16H,2,15H2,1H3;1H/t9-;/m1./s1. The Morgan fingerprint density at radius 2 is 2.11 bits per heavy atom. The molecule has 0 amide bonds. The molecule has 8 heteroatoms. The summed E-state index contributed by atoms with van der Waals surface area (Å²) in [5.41, 5.74) is 4.60. The van der Waals surface area contributed by atoms with Crippen molar-refractivity contribution < 1.29 is 27.8 Å². The molecule has 108 valence electrons. The second-order valence-electron chi connectivity index (χ2n) is 3.53. The van der Waals surface area contributed by atoms with E-state index in [1.807, 2.05) is 0 Å². The smallest absolute Gasteiger partial charge is 0.379 e. The van der Waals surface area contributed by atoms with E-state index in [1.165, 1.54) is 6.92 Å². The summed E-state index contributed by atoms with van der Waals surface area (Å²) in [5.74, 6) is -7.41. The molecule has 0 aliphatic heterocycles. The molecule has 0 aliphatic carbocycles. The quantitative estimate of drug-likeness (QED) is 0.836. The number of benzene rings is 1. The lowest BCUT2D eigenvalue weighted by Crippen LogP contribution is -2.42. The van der Waals surface area contributed by atoms with Gasteiger partial charge >= 0.3 is 11.9 Å². The second-order valence-corrected chi connectivity index (χ2v) is 3.53. The van der Waals surface area contributed by atoms with Gasteiger partial charge in [-0.3, -0.25) is 0 Å². The Balaban J connectivity index is 0.00000324. The van der Waals surface area contributed by atoms with Crippen LogP contribution in [-0.2, 0) is 9.53 Å². The molecular formula is C11H13ClF3NO3. The molecule has 4 nitrogen and oxygen atoms in total. The molecule has 1 atom stereocenters. The zero-order chi connectivity index (χ0) is 13.9. The fourth-order valence-electron chi connectivity index (χ4n) is 1.32. The summed E-state index contributed by atoms with van der Waals surface area (Å²) < 4.78 is 44.6. The van der Waals surface area contributed by atoms with Crippen LogP contribution in [0, 0.1) is 5.82 Å². The highest BCUT2D eigenvalue weighted by atomic mass is 35.5. The molecule has 0 radical (unpaired) electrons. The third-order valence-corrected chi connectivity index (χ3v) is 2.26. The number of hydrogen-bond acceptors (Lipinski definition) is 4. The number of ether oxygens (including phenoxy) is 1. The van der Waals surface area contributed by atoms with E-state index >= 15 is 0 Å². The molecule has 0 unspecified atom stereocenters. The number of carbonyl (C=O) groups is 1. The second kappa shape index (κ2) is 6.63. The van der Waals surface area contributed by atoms with E-state index in [9.17, 15) is 18.0 Å². The minimum absolute atomic E-state index is 0. The zero-order valence-corrected chi connectivity index (χ0v) is 10.7. The highest BCUT2D eigenvalue weighted by Gasteiger charge is 2.48. The van der Waals surface area contributed by atoms with Gasteiger partial charge in [-0.1, -0.05) is 6.07 Å². The molecule has 0 aliphatic rings. The molecular weight excluding hydrogens is 287 g/mol. The molecule has 0 aromatic heterocycles. The van der Waals surface area contributed by atoms with Crippen molar-refractivity contribution in [2.75, 3.05) is 6.61 Å². The lowest BCUT2D eigenvalue weighted by molar-refractivity contribution is -0.174. The van der Waals surface area contributed by atoms with Gasteiger partial charge in [0.2, 0.25) is 0 Å². The van der Waals surface area contributed by atoms with E-state index in [0.717, 1.165) is 12.1 Å². The van der Waals surface area contributed by atoms with Crippen LogP contribution in [0.3, 0.4) is 0 Å². The number of esters is 1. The van der Waals surface area contributed by atoms with Crippen LogP contribution in [-0.4, -0.2) is 23.6 Å². The minimum atomic E-state index is -4.05. The van der Waals surface area contributed by atoms with Crippen LogP contribution >= 0.6 is 12.4 Å². The van der Waals surface area contributed by atoms with Crippen molar-refractivity contribution in [2.24, 2.45) is 5.73 Å². The number of rotatable bonds is 4. The highest BCUT2D eigenvalue weighted by molar-refractivity contribution is 5.85. The van der Waals surface area contributed by atoms with Crippen molar-refractivity contribution in [2.45, 2.75) is 18.9 Å². The van der Waals surface area contributed by atoms with Gasteiger partial charge in [0.25, 0.3) is 0 Å². The predicted octanol–water partition coefficient (Wildman–Crippen LogP) is 2.15. The Morgan fingerprint density at radius 1 is 1.53 bits per heavy atom. The molecule has 0 saturated heterocycles. The Bertz CT molecular complexity index is 457. The molecule has 0 bridgehead atoms. The summed E-state index contributed by atoms with van der Waals surface area (Å²) >= 11 is 0. The zero-order valence-electron chi connectivity index (χ0n) is 9.90. The van der Waals surface area contributed by atoms with E-state index in [4.69, 9.17) is 10.8 Å². The number of phenolic OH excluding ortho intramolecular Hbond substituents is 1. The van der Waals surface area contributed by atoms with Crippen molar-refractivity contribution in [1.82, 2.24) is 0 Å². The summed E-state index contributed by atoms with van der Waals surface area (Å²) in [6, 6.07) is 0.343. The maximum absolute atomic E-state index is 13.5. The first kappa shape index (κ1) is 17.5. The van der Waals surface area contributed by atoms with Gasteiger partial charge in [-0.2, -0.15) is 8.78 Å². The number of aromatic hydroxyl groups is 1. The predicted molar refractivity (Wildman–Crippen MR) is 63.8 cm³/mol. The Kier molecular flexibility index (Phi) is 6.11. The maximum Gasteiger partial charge on any atom is 0.379 e. The van der Waals surface area contributed by atoms with E-state index < -0.39 is 35.1 Å². The van der Waals surface area contributed by atoms with Gasteiger partial charge in [-0.15, -0.1) is 12.4 Å². The molecule has 19 heavy (non-hydrogen) atoms. The van der Waals surface area contributed by atoms with Crippen molar-refractivity contribution in [1.29, 1.82) is 0 Å². The maximum atomic E-state index is 13.5. The van der Waals surface area contributed by atoms with E-state index in [1.54, 1.807) is 0 Å². The van der Waals surface area contributed by atoms with E-state index in [-0.39, 0.29) is 19.0 Å². The van der Waals surface area contributed by atoms with Crippen molar-refractivity contribution >= 4 is 18.4 Å². The monoisotopic (exact) mass is 299 g/mol. The number of alkyl halides is 2. The summed E-state index contributed by atoms with van der Waals surface area (Å²) in [4.78, 5) is 11.0. The topological polar surface area (TPSA) is 72.5 Å². The highest BCUT2D eigenvalue weighted by Crippen LogP contribution is 2.32. The van der Waals surface area contributed by atoms with Crippen LogP contribution in [0.5, 0.6) is 5.75 Å². The van der Waals surface area contributed by atoms with Crippen LogP contribution in [0.1, 0.15) is 18.5 Å². The number of hydrogen-bond donors (Lipinski definition) is 2. The molecule has 0 heterocycles. The molecule has 1 rings (SSSR count). The largest absolute Gasteiger partial charge is 0.508 e. The van der Waals surface area contributed by atoms with Crippen LogP contribution < -0.4 is 5.73 Å². The van der Waals surface area contributed by atoms with Gasteiger partial charge in [-0.05, 0) is 13.0 Å². The molecule has 1 aromatic rings. The first-order valence-electron chi connectivity index (χ1n) is 5.09. The number of phenols is 1. The Hall–Kier alpha value is -1.47. The number of nitrogens with two attached hydrogens (primary N) is 1. The summed E-state index contributed by atoms with van der Waals surface area (Å²) in [5, 5.41) is 8.96. The minimum Gasteiger partial charge on any atom is -0.508 e. The normalized spacial score (nSPS) is 12.5. The van der Waals surface area contributed by atoms with Crippen LogP contribution in [0.15, 0.2) is 18.2 Å². The molecule has 3 N–H and O–H groups in total. The van der Waals surface area contributed by atoms with Gasteiger partial charge < -0.3 is 15.6 Å². The molecule has 0 fully saturated rings. The summed E-state index contributed by atoms with van der Waals surface area (Å²) in [7, 11) is 0. The van der Waals surface area contributed by atoms with Gasteiger partial charge in [0.1, 0.15) is 17.6 Å². The summed E-state index contributed by atoms with van der Waals surface area (Å²) in [6.45, 7) is 1.12. The number of halogens is 4. The Morgan fingerprint density at radius 3 is 2.58 bits per heavy atom. The first-order chi connectivity index (χ1) is 8.30. The van der Waals surface area contributed by atoms with E-state index in [0.29, 0.717) is 6.07 Å². The first-order valence-corrected chi connectivity index (χ1v) is 5.09. The Labute approximate surface area is 113 Å².